The lowest BCUT2D eigenvalue weighted by atomic mass is 9.91. The van der Waals surface area contributed by atoms with Crippen LogP contribution in [-0.2, 0) is 15.7 Å². The molecule has 1 aliphatic rings. The Bertz CT molecular complexity index is 586. The Kier molecular flexibility index (Phi) is 5.19. The molecule has 1 aliphatic heterocycles. The number of pyridine rings is 1. The summed E-state index contributed by atoms with van der Waals surface area (Å²) in [4.78, 5) is 26.9. The summed E-state index contributed by atoms with van der Waals surface area (Å²) >= 11 is 0. The Balaban J connectivity index is 2.21. The second-order valence-corrected chi connectivity index (χ2v) is 5.14. The van der Waals surface area contributed by atoms with Crippen LogP contribution in [-0.4, -0.2) is 41.2 Å². The SMILES string of the molecule is O=C(NC(C(=O)O)C1CCOCC1)c1ncccc1C(F)(F)F. The summed E-state index contributed by atoms with van der Waals surface area (Å²) in [5.41, 5.74) is -2.04. The minimum atomic E-state index is -4.75. The molecule has 1 unspecified atom stereocenters. The van der Waals surface area contributed by atoms with Crippen molar-refractivity contribution in [3.05, 3.63) is 29.6 Å². The third-order valence-corrected chi connectivity index (χ3v) is 3.62. The van der Waals surface area contributed by atoms with Gasteiger partial charge in [0.25, 0.3) is 5.91 Å². The topological polar surface area (TPSA) is 88.5 Å². The number of carboxylic acids is 1. The predicted octanol–water partition coefficient (Wildman–Crippen LogP) is 1.71. The highest BCUT2D eigenvalue weighted by atomic mass is 19.4. The maximum Gasteiger partial charge on any atom is 0.418 e. The first-order valence-electron chi connectivity index (χ1n) is 6.94. The molecule has 9 heteroatoms. The lowest BCUT2D eigenvalue weighted by Gasteiger charge is -2.28. The quantitative estimate of drug-likeness (QED) is 0.876. The molecule has 1 fully saturated rings. The highest BCUT2D eigenvalue weighted by Crippen LogP contribution is 2.31. The molecule has 126 valence electrons. The third kappa shape index (κ3) is 4.19. The number of rotatable bonds is 4. The Hall–Kier alpha value is -2.16. The molecule has 23 heavy (non-hydrogen) atoms. The zero-order chi connectivity index (χ0) is 17.0. The first kappa shape index (κ1) is 17.2. The van der Waals surface area contributed by atoms with E-state index in [4.69, 9.17) is 4.74 Å². The summed E-state index contributed by atoms with van der Waals surface area (Å²) < 4.78 is 43.8. The maximum atomic E-state index is 12.9. The van der Waals surface area contributed by atoms with Crippen molar-refractivity contribution in [2.45, 2.75) is 25.1 Å². The van der Waals surface area contributed by atoms with Crippen LogP contribution in [0, 0.1) is 5.92 Å². The highest BCUT2D eigenvalue weighted by molar-refractivity contribution is 5.96. The number of aliphatic carboxylic acids is 1. The summed E-state index contributed by atoms with van der Waals surface area (Å²) in [6, 6.07) is 0.508. The second-order valence-electron chi connectivity index (χ2n) is 5.14. The van der Waals surface area contributed by atoms with Crippen molar-refractivity contribution in [1.82, 2.24) is 10.3 Å². The molecule has 1 aromatic rings. The van der Waals surface area contributed by atoms with Crippen LogP contribution in [0.2, 0.25) is 0 Å². The smallest absolute Gasteiger partial charge is 0.418 e. The third-order valence-electron chi connectivity index (χ3n) is 3.62. The van der Waals surface area contributed by atoms with Gasteiger partial charge in [-0.25, -0.2) is 4.79 Å². The molecule has 0 aromatic carbocycles. The van der Waals surface area contributed by atoms with Gasteiger partial charge in [0.2, 0.25) is 0 Å². The van der Waals surface area contributed by atoms with E-state index in [0.29, 0.717) is 26.1 Å². The normalized spacial score (nSPS) is 17.5. The van der Waals surface area contributed by atoms with Crippen molar-refractivity contribution in [3.63, 3.8) is 0 Å². The number of carbonyl (C=O) groups is 2. The van der Waals surface area contributed by atoms with Gasteiger partial charge in [-0.1, -0.05) is 0 Å². The Morgan fingerprint density at radius 2 is 2.00 bits per heavy atom. The number of hydrogen-bond acceptors (Lipinski definition) is 4. The standard InChI is InChI=1S/C14H15F3N2O4/c15-14(16,17)9-2-1-5-18-11(9)12(20)19-10(13(21)22)8-3-6-23-7-4-8/h1-2,5,8,10H,3-4,6-7H2,(H,19,20)(H,21,22). The van der Waals surface area contributed by atoms with Gasteiger partial charge in [0, 0.05) is 19.4 Å². The predicted molar refractivity (Wildman–Crippen MR) is 71.7 cm³/mol. The van der Waals surface area contributed by atoms with E-state index in [9.17, 15) is 27.9 Å². The molecule has 1 amide bonds. The van der Waals surface area contributed by atoms with Gasteiger partial charge in [-0.05, 0) is 30.9 Å². The molecule has 6 nitrogen and oxygen atoms in total. The Morgan fingerprint density at radius 3 is 2.57 bits per heavy atom. The Morgan fingerprint density at radius 1 is 1.35 bits per heavy atom. The minimum absolute atomic E-state index is 0.349. The first-order valence-corrected chi connectivity index (χ1v) is 6.94. The van der Waals surface area contributed by atoms with E-state index in [-0.39, 0.29) is 0 Å². The summed E-state index contributed by atoms with van der Waals surface area (Å²) in [7, 11) is 0. The number of nitrogens with zero attached hydrogens (tertiary/aromatic N) is 1. The van der Waals surface area contributed by atoms with E-state index in [1.807, 2.05) is 0 Å². The van der Waals surface area contributed by atoms with Crippen LogP contribution in [0.5, 0.6) is 0 Å². The Labute approximate surface area is 129 Å². The van der Waals surface area contributed by atoms with Crippen molar-refractivity contribution in [3.8, 4) is 0 Å². The van der Waals surface area contributed by atoms with Crippen molar-refractivity contribution in [2.24, 2.45) is 5.92 Å². The number of carbonyl (C=O) groups excluding carboxylic acids is 1. The summed E-state index contributed by atoms with van der Waals surface area (Å²) in [6.07, 6.45) is -2.89. The molecular formula is C14H15F3N2O4. The fraction of sp³-hybridized carbons (Fsp3) is 0.500. The molecule has 0 saturated carbocycles. The number of alkyl halides is 3. The zero-order valence-electron chi connectivity index (χ0n) is 12.0. The first-order chi connectivity index (χ1) is 10.8. The van der Waals surface area contributed by atoms with Gasteiger partial charge < -0.3 is 15.2 Å². The van der Waals surface area contributed by atoms with Crippen LogP contribution in [0.25, 0.3) is 0 Å². The summed E-state index contributed by atoms with van der Waals surface area (Å²) in [5.74, 6) is -2.85. The van der Waals surface area contributed by atoms with Gasteiger partial charge in [-0.15, -0.1) is 0 Å². The van der Waals surface area contributed by atoms with Gasteiger partial charge >= 0.3 is 12.1 Å². The van der Waals surface area contributed by atoms with E-state index >= 15 is 0 Å². The van der Waals surface area contributed by atoms with Crippen molar-refractivity contribution < 1.29 is 32.6 Å². The number of aromatic nitrogens is 1. The minimum Gasteiger partial charge on any atom is -0.480 e. The van der Waals surface area contributed by atoms with Gasteiger partial charge in [-0.2, -0.15) is 13.2 Å². The number of halogens is 3. The van der Waals surface area contributed by atoms with Gasteiger partial charge in [0.15, 0.2) is 0 Å². The molecule has 1 saturated heterocycles. The molecule has 2 rings (SSSR count). The van der Waals surface area contributed by atoms with Gasteiger partial charge in [0.1, 0.15) is 11.7 Å². The summed E-state index contributed by atoms with van der Waals surface area (Å²) in [6.45, 7) is 0.698. The average Bonchev–Trinajstić information content (AvgIpc) is 2.52. The largest absolute Gasteiger partial charge is 0.480 e. The van der Waals surface area contributed by atoms with Gasteiger partial charge in [-0.3, -0.25) is 9.78 Å². The van der Waals surface area contributed by atoms with E-state index in [1.165, 1.54) is 0 Å². The number of hydrogen-bond donors (Lipinski definition) is 2. The van der Waals surface area contributed by atoms with Crippen LogP contribution in [0.4, 0.5) is 13.2 Å². The average molecular weight is 332 g/mol. The fourth-order valence-corrected chi connectivity index (χ4v) is 2.45. The lowest BCUT2D eigenvalue weighted by Crippen LogP contribution is -2.48. The molecule has 1 atom stereocenters. The molecular weight excluding hydrogens is 317 g/mol. The van der Waals surface area contributed by atoms with Gasteiger partial charge in [0.05, 0.1) is 5.56 Å². The molecule has 2 heterocycles. The second kappa shape index (κ2) is 6.95. The zero-order valence-corrected chi connectivity index (χ0v) is 12.0. The van der Waals surface area contributed by atoms with Crippen LogP contribution >= 0.6 is 0 Å². The number of ether oxygens (including phenoxy) is 1. The number of carboxylic acid groups (broad SMARTS) is 1. The molecule has 2 N–H and O–H groups in total. The molecule has 0 radical (unpaired) electrons. The molecule has 0 aliphatic carbocycles. The van der Waals surface area contributed by atoms with Crippen molar-refractivity contribution in [2.75, 3.05) is 13.2 Å². The lowest BCUT2D eigenvalue weighted by molar-refractivity contribution is -0.141. The van der Waals surface area contributed by atoms with E-state index in [0.717, 1.165) is 18.3 Å². The molecule has 1 aromatic heterocycles. The van der Waals surface area contributed by atoms with Crippen LogP contribution < -0.4 is 5.32 Å². The number of amides is 1. The van der Waals surface area contributed by atoms with Crippen LogP contribution in [0.1, 0.15) is 28.9 Å². The fourth-order valence-electron chi connectivity index (χ4n) is 2.45. The maximum absolute atomic E-state index is 12.9. The molecule has 0 spiro atoms. The van der Waals surface area contributed by atoms with E-state index < -0.39 is 41.3 Å². The van der Waals surface area contributed by atoms with Crippen molar-refractivity contribution >= 4 is 11.9 Å². The van der Waals surface area contributed by atoms with Crippen LogP contribution in [0.3, 0.4) is 0 Å². The highest BCUT2D eigenvalue weighted by Gasteiger charge is 2.38. The van der Waals surface area contributed by atoms with E-state index in [2.05, 4.69) is 10.3 Å². The summed E-state index contributed by atoms with van der Waals surface area (Å²) in [5, 5.41) is 11.4. The van der Waals surface area contributed by atoms with Crippen LogP contribution in [0.15, 0.2) is 18.3 Å². The van der Waals surface area contributed by atoms with Crippen molar-refractivity contribution in [1.29, 1.82) is 0 Å². The monoisotopic (exact) mass is 332 g/mol. The number of nitrogens with one attached hydrogen (secondary N) is 1. The van der Waals surface area contributed by atoms with E-state index in [1.54, 1.807) is 0 Å². The molecule has 0 bridgehead atoms.